The van der Waals surface area contributed by atoms with Crippen LogP contribution in [0.2, 0.25) is 0 Å². The second-order valence-corrected chi connectivity index (χ2v) is 4.72. The Morgan fingerprint density at radius 1 is 1.24 bits per heavy atom. The van der Waals surface area contributed by atoms with Gasteiger partial charge in [-0.2, -0.15) is 0 Å². The van der Waals surface area contributed by atoms with Gasteiger partial charge in [0.2, 0.25) is 0 Å². The summed E-state index contributed by atoms with van der Waals surface area (Å²) in [5.41, 5.74) is 0.979. The lowest BCUT2D eigenvalue weighted by atomic mass is 10.2. The third kappa shape index (κ3) is 5.68. The number of benzene rings is 1. The van der Waals surface area contributed by atoms with Crippen molar-refractivity contribution in [3.05, 3.63) is 30.1 Å². The van der Waals surface area contributed by atoms with Crippen molar-refractivity contribution in [1.82, 2.24) is 4.90 Å². The molecule has 1 aromatic rings. The van der Waals surface area contributed by atoms with E-state index in [1.807, 2.05) is 0 Å². The minimum atomic E-state index is -0.189. The van der Waals surface area contributed by atoms with Crippen LogP contribution >= 0.6 is 0 Å². The molecule has 0 amide bonds. The SMILES string of the molecule is CCN(CCNc1ccc(F)cc1)CC(C)C. The van der Waals surface area contributed by atoms with E-state index in [1.165, 1.54) is 12.1 Å². The van der Waals surface area contributed by atoms with Gasteiger partial charge < -0.3 is 10.2 Å². The fourth-order valence-electron chi connectivity index (χ4n) is 1.82. The van der Waals surface area contributed by atoms with Gasteiger partial charge in [-0.3, -0.25) is 0 Å². The van der Waals surface area contributed by atoms with Crippen molar-refractivity contribution in [3.8, 4) is 0 Å². The molecular formula is C14H23FN2. The van der Waals surface area contributed by atoms with E-state index in [0.29, 0.717) is 5.92 Å². The summed E-state index contributed by atoms with van der Waals surface area (Å²) in [5, 5.41) is 3.30. The molecule has 2 nitrogen and oxygen atoms in total. The fraction of sp³-hybridized carbons (Fsp3) is 0.571. The fourth-order valence-corrected chi connectivity index (χ4v) is 1.82. The third-order valence-electron chi connectivity index (χ3n) is 2.67. The molecule has 0 unspecified atom stereocenters. The minimum absolute atomic E-state index is 0.189. The van der Waals surface area contributed by atoms with Crippen LogP contribution in [0.1, 0.15) is 20.8 Å². The summed E-state index contributed by atoms with van der Waals surface area (Å²) in [6.07, 6.45) is 0. The van der Waals surface area contributed by atoms with Gasteiger partial charge >= 0.3 is 0 Å². The maximum absolute atomic E-state index is 12.7. The maximum atomic E-state index is 12.7. The first-order valence-electron chi connectivity index (χ1n) is 6.33. The normalized spacial score (nSPS) is 11.2. The van der Waals surface area contributed by atoms with E-state index in [-0.39, 0.29) is 5.82 Å². The van der Waals surface area contributed by atoms with Gasteiger partial charge in [0.1, 0.15) is 5.82 Å². The quantitative estimate of drug-likeness (QED) is 0.784. The van der Waals surface area contributed by atoms with Gasteiger partial charge in [0.05, 0.1) is 0 Å². The molecule has 3 heteroatoms. The standard InChI is InChI=1S/C14H23FN2/c1-4-17(11-12(2)3)10-9-16-14-7-5-13(15)6-8-14/h5-8,12,16H,4,9-11H2,1-3H3. The van der Waals surface area contributed by atoms with Crippen molar-refractivity contribution in [3.63, 3.8) is 0 Å². The highest BCUT2D eigenvalue weighted by atomic mass is 19.1. The molecule has 1 rings (SSSR count). The molecular weight excluding hydrogens is 215 g/mol. The maximum Gasteiger partial charge on any atom is 0.123 e. The number of hydrogen-bond donors (Lipinski definition) is 1. The van der Waals surface area contributed by atoms with Crippen LogP contribution < -0.4 is 5.32 Å². The van der Waals surface area contributed by atoms with Gasteiger partial charge in [0.25, 0.3) is 0 Å². The Morgan fingerprint density at radius 3 is 2.41 bits per heavy atom. The first-order valence-corrected chi connectivity index (χ1v) is 6.33. The Bertz CT molecular complexity index is 309. The van der Waals surface area contributed by atoms with Crippen LogP contribution in [0.25, 0.3) is 0 Å². The van der Waals surface area contributed by atoms with Crippen molar-refractivity contribution in [2.24, 2.45) is 5.92 Å². The predicted octanol–water partition coefficient (Wildman–Crippen LogP) is 3.22. The number of nitrogens with zero attached hydrogens (tertiary/aromatic N) is 1. The van der Waals surface area contributed by atoms with Gasteiger partial charge in [-0.05, 0) is 36.7 Å². The first-order chi connectivity index (χ1) is 8.11. The summed E-state index contributed by atoms with van der Waals surface area (Å²) in [6, 6.07) is 6.50. The zero-order valence-electron chi connectivity index (χ0n) is 11.0. The zero-order chi connectivity index (χ0) is 12.7. The average molecular weight is 238 g/mol. The van der Waals surface area contributed by atoms with Crippen molar-refractivity contribution in [2.45, 2.75) is 20.8 Å². The zero-order valence-corrected chi connectivity index (χ0v) is 11.0. The van der Waals surface area contributed by atoms with Crippen molar-refractivity contribution in [2.75, 3.05) is 31.5 Å². The molecule has 1 aromatic carbocycles. The van der Waals surface area contributed by atoms with E-state index in [1.54, 1.807) is 12.1 Å². The van der Waals surface area contributed by atoms with Gasteiger partial charge in [0, 0.05) is 25.3 Å². The van der Waals surface area contributed by atoms with Crippen LogP contribution in [0, 0.1) is 11.7 Å². The number of hydrogen-bond acceptors (Lipinski definition) is 2. The molecule has 0 aromatic heterocycles. The molecule has 0 aliphatic carbocycles. The van der Waals surface area contributed by atoms with Crippen LogP contribution in [0.3, 0.4) is 0 Å². The summed E-state index contributed by atoms with van der Waals surface area (Å²) in [6.45, 7) is 10.8. The molecule has 0 atom stereocenters. The van der Waals surface area contributed by atoms with Gasteiger partial charge in [-0.25, -0.2) is 4.39 Å². The molecule has 17 heavy (non-hydrogen) atoms. The molecule has 0 saturated heterocycles. The summed E-state index contributed by atoms with van der Waals surface area (Å²) < 4.78 is 12.7. The molecule has 0 fully saturated rings. The summed E-state index contributed by atoms with van der Waals surface area (Å²) >= 11 is 0. The molecule has 96 valence electrons. The second kappa shape index (κ2) is 7.28. The molecule has 0 bridgehead atoms. The van der Waals surface area contributed by atoms with Crippen molar-refractivity contribution < 1.29 is 4.39 Å². The Kier molecular flexibility index (Phi) is 5.98. The lowest BCUT2D eigenvalue weighted by Gasteiger charge is -2.22. The minimum Gasteiger partial charge on any atom is -0.384 e. The van der Waals surface area contributed by atoms with Crippen molar-refractivity contribution >= 4 is 5.69 Å². The average Bonchev–Trinajstić information content (AvgIpc) is 2.30. The van der Waals surface area contributed by atoms with Gasteiger partial charge in [0.15, 0.2) is 0 Å². The highest BCUT2D eigenvalue weighted by molar-refractivity contribution is 5.42. The van der Waals surface area contributed by atoms with Gasteiger partial charge in [-0.15, -0.1) is 0 Å². The number of rotatable bonds is 7. The lowest BCUT2D eigenvalue weighted by molar-refractivity contribution is 0.265. The number of likely N-dealkylation sites (N-methyl/N-ethyl adjacent to an activating group) is 1. The Morgan fingerprint density at radius 2 is 1.88 bits per heavy atom. The van der Waals surface area contributed by atoms with E-state index in [4.69, 9.17) is 0 Å². The Hall–Kier alpha value is -1.09. The second-order valence-electron chi connectivity index (χ2n) is 4.72. The number of nitrogens with one attached hydrogen (secondary N) is 1. The molecule has 0 spiro atoms. The van der Waals surface area contributed by atoms with Crippen LogP contribution in [-0.4, -0.2) is 31.1 Å². The largest absolute Gasteiger partial charge is 0.384 e. The van der Waals surface area contributed by atoms with Crippen LogP contribution in [-0.2, 0) is 0 Å². The smallest absolute Gasteiger partial charge is 0.123 e. The first kappa shape index (κ1) is 14.0. The van der Waals surface area contributed by atoms with Crippen LogP contribution in [0.15, 0.2) is 24.3 Å². The number of halogens is 1. The van der Waals surface area contributed by atoms with E-state index < -0.39 is 0 Å². The molecule has 0 aliphatic rings. The Labute approximate surface area is 104 Å². The van der Waals surface area contributed by atoms with E-state index in [9.17, 15) is 4.39 Å². The van der Waals surface area contributed by atoms with Crippen LogP contribution in [0.4, 0.5) is 10.1 Å². The molecule has 0 radical (unpaired) electrons. The highest BCUT2D eigenvalue weighted by Gasteiger charge is 2.04. The van der Waals surface area contributed by atoms with Crippen molar-refractivity contribution in [1.29, 1.82) is 0 Å². The lowest BCUT2D eigenvalue weighted by Crippen LogP contribution is -2.32. The number of anilines is 1. The van der Waals surface area contributed by atoms with Crippen LogP contribution in [0.5, 0.6) is 0 Å². The summed E-state index contributed by atoms with van der Waals surface area (Å²) in [7, 11) is 0. The summed E-state index contributed by atoms with van der Waals surface area (Å²) in [4.78, 5) is 2.42. The monoisotopic (exact) mass is 238 g/mol. The van der Waals surface area contributed by atoms with E-state index >= 15 is 0 Å². The summed E-state index contributed by atoms with van der Waals surface area (Å²) in [5.74, 6) is 0.506. The van der Waals surface area contributed by atoms with E-state index in [0.717, 1.165) is 31.9 Å². The van der Waals surface area contributed by atoms with E-state index in [2.05, 4.69) is 31.0 Å². The Balaban J connectivity index is 2.28. The molecule has 1 N–H and O–H groups in total. The predicted molar refractivity (Wildman–Crippen MR) is 71.8 cm³/mol. The molecule has 0 heterocycles. The molecule has 0 saturated carbocycles. The highest BCUT2D eigenvalue weighted by Crippen LogP contribution is 2.07. The topological polar surface area (TPSA) is 15.3 Å². The van der Waals surface area contributed by atoms with Gasteiger partial charge in [-0.1, -0.05) is 20.8 Å². The molecule has 0 aliphatic heterocycles. The third-order valence-corrected chi connectivity index (χ3v) is 2.67.